The van der Waals surface area contributed by atoms with Gasteiger partial charge in [-0.3, -0.25) is 4.79 Å². The second kappa shape index (κ2) is 3.50. The summed E-state index contributed by atoms with van der Waals surface area (Å²) in [7, 11) is 0. The van der Waals surface area contributed by atoms with E-state index in [1.165, 1.54) is 0 Å². The van der Waals surface area contributed by atoms with Gasteiger partial charge in [0.2, 0.25) is 0 Å². The lowest BCUT2D eigenvalue weighted by molar-refractivity contribution is -0.139. The number of aliphatic hydroxyl groups excluding tert-OH is 1. The van der Waals surface area contributed by atoms with Crippen molar-refractivity contribution in [2.24, 2.45) is 0 Å². The summed E-state index contributed by atoms with van der Waals surface area (Å²) >= 11 is 0. The Morgan fingerprint density at radius 3 is 2.40 bits per heavy atom. The number of β-amino-alcohol motifs (C(OH)–C–C–N with tert-alkyl or cyclic N) is 1. The Bertz CT molecular complexity index is 128. The molecule has 0 saturated carbocycles. The Kier molecular flexibility index (Phi) is 3.27. The minimum atomic E-state index is -0.883. The molecule has 5 heteroatoms. The largest absolute Gasteiger partial charge is 0.480 e. The summed E-state index contributed by atoms with van der Waals surface area (Å²) in [6, 6.07) is -0.542. The highest BCUT2D eigenvalue weighted by Crippen LogP contribution is 2.05. The number of hydrogen-bond acceptors (Lipinski definition) is 4. The maximum atomic E-state index is 10.2. The van der Waals surface area contributed by atoms with E-state index in [1.54, 1.807) is 0 Å². The van der Waals surface area contributed by atoms with Gasteiger partial charge in [0.1, 0.15) is 6.04 Å². The normalized spacial score (nSPS) is 31.3. The molecule has 60 valence electrons. The van der Waals surface area contributed by atoms with E-state index in [2.05, 4.69) is 5.32 Å². The van der Waals surface area contributed by atoms with Crippen molar-refractivity contribution in [3.05, 3.63) is 0 Å². The van der Waals surface area contributed by atoms with Gasteiger partial charge >= 0.3 is 5.97 Å². The van der Waals surface area contributed by atoms with Gasteiger partial charge in [-0.25, -0.2) is 0 Å². The highest BCUT2D eigenvalue weighted by molar-refractivity contribution is 5.73. The minimum Gasteiger partial charge on any atom is -0.480 e. The molecule has 1 fully saturated rings. The SMILES string of the molecule is N.O=C(O)[C@@H]1C[C@@H](O)CN1. The minimum absolute atomic E-state index is 0. The molecular weight excluding hydrogens is 136 g/mol. The zero-order chi connectivity index (χ0) is 6.85. The number of rotatable bonds is 1. The van der Waals surface area contributed by atoms with Crippen LogP contribution in [0.3, 0.4) is 0 Å². The van der Waals surface area contributed by atoms with Crippen LogP contribution in [-0.2, 0) is 4.79 Å². The first-order chi connectivity index (χ1) is 4.20. The smallest absolute Gasteiger partial charge is 0.320 e. The van der Waals surface area contributed by atoms with E-state index in [4.69, 9.17) is 10.2 Å². The predicted molar refractivity (Wildman–Crippen MR) is 35.1 cm³/mol. The van der Waals surface area contributed by atoms with Crippen LogP contribution < -0.4 is 11.5 Å². The van der Waals surface area contributed by atoms with Crippen molar-refractivity contribution < 1.29 is 15.0 Å². The first kappa shape index (κ1) is 9.35. The van der Waals surface area contributed by atoms with Crippen LogP contribution in [0, 0.1) is 0 Å². The fourth-order valence-corrected chi connectivity index (χ4v) is 0.905. The third kappa shape index (κ3) is 1.94. The summed E-state index contributed by atoms with van der Waals surface area (Å²) in [5.41, 5.74) is 0. The van der Waals surface area contributed by atoms with Gasteiger partial charge in [0.15, 0.2) is 0 Å². The molecule has 0 amide bonds. The van der Waals surface area contributed by atoms with Crippen molar-refractivity contribution >= 4 is 5.97 Å². The van der Waals surface area contributed by atoms with Crippen LogP contribution in [-0.4, -0.2) is 34.9 Å². The van der Waals surface area contributed by atoms with Crippen LogP contribution in [0.5, 0.6) is 0 Å². The Balaban J connectivity index is 0.000000810. The summed E-state index contributed by atoms with van der Waals surface area (Å²) in [6.07, 6.45) is -0.152. The second-order valence-corrected chi connectivity index (χ2v) is 2.19. The average molecular weight is 148 g/mol. The Hall–Kier alpha value is -0.650. The number of nitrogens with one attached hydrogen (secondary N) is 1. The summed E-state index contributed by atoms with van der Waals surface area (Å²) in [5.74, 6) is -0.883. The Labute approximate surface area is 58.6 Å². The van der Waals surface area contributed by atoms with Crippen LogP contribution in [0.4, 0.5) is 0 Å². The highest BCUT2D eigenvalue weighted by atomic mass is 16.4. The lowest BCUT2D eigenvalue weighted by Crippen LogP contribution is -2.29. The van der Waals surface area contributed by atoms with E-state index in [0.717, 1.165) is 0 Å². The van der Waals surface area contributed by atoms with Gasteiger partial charge in [0.05, 0.1) is 6.10 Å². The molecule has 0 aromatic carbocycles. The molecule has 0 aromatic heterocycles. The van der Waals surface area contributed by atoms with Crippen molar-refractivity contribution in [2.45, 2.75) is 18.6 Å². The van der Waals surface area contributed by atoms with Crippen molar-refractivity contribution in [3.8, 4) is 0 Å². The van der Waals surface area contributed by atoms with Crippen molar-refractivity contribution in [3.63, 3.8) is 0 Å². The molecule has 1 heterocycles. The van der Waals surface area contributed by atoms with E-state index in [9.17, 15) is 4.79 Å². The molecular formula is C5H12N2O3. The molecule has 10 heavy (non-hydrogen) atoms. The van der Waals surface area contributed by atoms with Gasteiger partial charge in [0, 0.05) is 13.0 Å². The molecule has 1 saturated heterocycles. The van der Waals surface area contributed by atoms with Crippen LogP contribution in [0.2, 0.25) is 0 Å². The fourth-order valence-electron chi connectivity index (χ4n) is 0.905. The van der Waals surface area contributed by atoms with Crippen molar-refractivity contribution in [1.29, 1.82) is 0 Å². The molecule has 5 nitrogen and oxygen atoms in total. The van der Waals surface area contributed by atoms with Crippen LogP contribution in [0.1, 0.15) is 6.42 Å². The zero-order valence-corrected chi connectivity index (χ0v) is 5.58. The standard InChI is InChI=1S/C5H9NO3.H3N/c7-3-1-4(5(8)9)6-2-3;/h3-4,6-7H,1-2H2,(H,8,9);1H3/t3-,4+;/m1./s1. The lowest BCUT2D eigenvalue weighted by Gasteiger charge is -1.99. The Morgan fingerprint density at radius 2 is 2.20 bits per heavy atom. The van der Waals surface area contributed by atoms with Crippen LogP contribution in [0.15, 0.2) is 0 Å². The second-order valence-electron chi connectivity index (χ2n) is 2.19. The molecule has 1 aliphatic heterocycles. The maximum absolute atomic E-state index is 10.2. The number of aliphatic hydroxyl groups is 1. The molecule has 0 unspecified atom stereocenters. The number of carbonyl (C=O) groups is 1. The number of carboxylic acid groups (broad SMARTS) is 1. The Morgan fingerprint density at radius 1 is 1.60 bits per heavy atom. The topological polar surface area (TPSA) is 105 Å². The third-order valence-corrected chi connectivity index (χ3v) is 1.41. The molecule has 0 bridgehead atoms. The number of carboxylic acids is 1. The van der Waals surface area contributed by atoms with Crippen molar-refractivity contribution in [2.75, 3.05) is 6.54 Å². The van der Waals surface area contributed by atoms with E-state index in [1.807, 2.05) is 0 Å². The average Bonchev–Trinajstić information content (AvgIpc) is 2.14. The van der Waals surface area contributed by atoms with Gasteiger partial charge in [-0.2, -0.15) is 0 Å². The first-order valence-electron chi connectivity index (χ1n) is 2.84. The molecule has 0 aromatic rings. The molecule has 0 radical (unpaired) electrons. The zero-order valence-electron chi connectivity index (χ0n) is 5.58. The first-order valence-corrected chi connectivity index (χ1v) is 2.84. The number of aliphatic carboxylic acids is 1. The van der Waals surface area contributed by atoms with Gasteiger partial charge in [-0.1, -0.05) is 0 Å². The summed E-state index contributed by atoms with van der Waals surface area (Å²) in [4.78, 5) is 10.2. The van der Waals surface area contributed by atoms with Crippen molar-refractivity contribution in [1.82, 2.24) is 11.5 Å². The van der Waals surface area contributed by atoms with E-state index >= 15 is 0 Å². The fraction of sp³-hybridized carbons (Fsp3) is 0.800. The highest BCUT2D eigenvalue weighted by Gasteiger charge is 2.27. The quantitative estimate of drug-likeness (QED) is 0.380. The predicted octanol–water partition coefficient (Wildman–Crippen LogP) is -1.04. The molecule has 1 aliphatic rings. The summed E-state index contributed by atoms with van der Waals surface area (Å²) in [5, 5.41) is 19.8. The summed E-state index contributed by atoms with van der Waals surface area (Å²) < 4.78 is 0. The van der Waals surface area contributed by atoms with E-state index in [-0.39, 0.29) is 6.15 Å². The van der Waals surface area contributed by atoms with Gasteiger partial charge < -0.3 is 21.7 Å². The number of hydrogen-bond donors (Lipinski definition) is 4. The molecule has 0 spiro atoms. The van der Waals surface area contributed by atoms with E-state index < -0.39 is 18.1 Å². The lowest BCUT2D eigenvalue weighted by atomic mass is 10.2. The molecule has 2 atom stereocenters. The van der Waals surface area contributed by atoms with Crippen LogP contribution in [0.25, 0.3) is 0 Å². The monoisotopic (exact) mass is 148 g/mol. The van der Waals surface area contributed by atoms with Gasteiger partial charge in [0.25, 0.3) is 0 Å². The van der Waals surface area contributed by atoms with Gasteiger partial charge in [-0.15, -0.1) is 0 Å². The molecule has 1 rings (SSSR count). The van der Waals surface area contributed by atoms with E-state index in [0.29, 0.717) is 13.0 Å². The summed E-state index contributed by atoms with van der Waals surface area (Å²) in [6.45, 7) is 0.400. The van der Waals surface area contributed by atoms with Gasteiger partial charge in [-0.05, 0) is 0 Å². The molecule has 6 N–H and O–H groups in total. The maximum Gasteiger partial charge on any atom is 0.320 e. The molecule has 0 aliphatic carbocycles. The third-order valence-electron chi connectivity index (χ3n) is 1.41. The van der Waals surface area contributed by atoms with Crippen LogP contribution >= 0.6 is 0 Å².